The van der Waals surface area contributed by atoms with Crippen molar-refractivity contribution in [2.45, 2.75) is 19.8 Å². The molecule has 3 aromatic rings. The Kier molecular flexibility index (Phi) is 6.32. The second kappa shape index (κ2) is 8.89. The van der Waals surface area contributed by atoms with Gasteiger partial charge in [0.15, 0.2) is 0 Å². The second-order valence-corrected chi connectivity index (χ2v) is 6.73. The summed E-state index contributed by atoms with van der Waals surface area (Å²) in [5.74, 6) is 0.875. The van der Waals surface area contributed by atoms with Gasteiger partial charge in [-0.2, -0.15) is 5.10 Å². The van der Waals surface area contributed by atoms with Crippen molar-refractivity contribution < 1.29 is 9.21 Å². The lowest BCUT2D eigenvalue weighted by atomic mass is 10.1. The molecule has 3 rings (SSSR count). The fourth-order valence-electron chi connectivity index (χ4n) is 2.55. The molecule has 1 N–H and O–H groups in total. The number of hydrogen-bond donors (Lipinski definition) is 1. The van der Waals surface area contributed by atoms with Gasteiger partial charge in [-0.3, -0.25) is 4.79 Å². The van der Waals surface area contributed by atoms with E-state index in [2.05, 4.69) is 17.5 Å². The van der Waals surface area contributed by atoms with Crippen molar-refractivity contribution in [3.63, 3.8) is 0 Å². The number of furan rings is 1. The van der Waals surface area contributed by atoms with Gasteiger partial charge in [0.25, 0.3) is 0 Å². The first kappa shape index (κ1) is 19.2. The van der Waals surface area contributed by atoms with Gasteiger partial charge in [-0.05, 0) is 41.8 Å². The standard InChI is InChI=1S/C21H18Cl2N2O2/c1-2-14-6-8-15(9-7-14)12-20(26)25-24-13-16-10-11-19(27-16)17-4-3-5-18(22)21(17)23/h3-11,13H,2,12H2,1H3,(H,25,26)/b24-13-. The number of nitrogens with zero attached hydrogens (tertiary/aromatic N) is 1. The molecule has 0 aliphatic heterocycles. The number of aryl methyl sites for hydroxylation is 1. The maximum atomic E-state index is 12.0. The fraction of sp³-hybridized carbons (Fsp3) is 0.143. The Hall–Kier alpha value is -2.56. The average Bonchev–Trinajstić information content (AvgIpc) is 3.13. The average molecular weight is 401 g/mol. The summed E-state index contributed by atoms with van der Waals surface area (Å²) in [6, 6.07) is 16.8. The highest BCUT2D eigenvalue weighted by molar-refractivity contribution is 6.43. The molecule has 0 spiro atoms. The van der Waals surface area contributed by atoms with Crippen LogP contribution in [0.1, 0.15) is 23.8 Å². The first-order valence-corrected chi connectivity index (χ1v) is 9.26. The third kappa shape index (κ3) is 5.00. The van der Waals surface area contributed by atoms with Gasteiger partial charge in [0, 0.05) is 5.56 Å². The van der Waals surface area contributed by atoms with Crippen LogP contribution in [0.4, 0.5) is 0 Å². The Morgan fingerprint density at radius 3 is 2.56 bits per heavy atom. The number of hydrogen-bond acceptors (Lipinski definition) is 3. The maximum Gasteiger partial charge on any atom is 0.244 e. The van der Waals surface area contributed by atoms with Crippen LogP contribution in [0.2, 0.25) is 10.0 Å². The van der Waals surface area contributed by atoms with Gasteiger partial charge in [0.05, 0.1) is 22.7 Å². The Bertz CT molecular complexity index is 963. The number of hydrazone groups is 1. The van der Waals surface area contributed by atoms with Crippen molar-refractivity contribution >= 4 is 35.3 Å². The molecule has 0 saturated heterocycles. The minimum atomic E-state index is -0.194. The van der Waals surface area contributed by atoms with E-state index in [-0.39, 0.29) is 12.3 Å². The number of carbonyl (C=O) groups is 1. The van der Waals surface area contributed by atoms with Gasteiger partial charge in [-0.25, -0.2) is 5.43 Å². The zero-order chi connectivity index (χ0) is 19.2. The first-order chi connectivity index (χ1) is 13.1. The molecule has 0 aliphatic rings. The highest BCUT2D eigenvalue weighted by atomic mass is 35.5. The predicted molar refractivity (Wildman–Crippen MR) is 109 cm³/mol. The lowest BCUT2D eigenvalue weighted by Gasteiger charge is -2.02. The zero-order valence-electron chi connectivity index (χ0n) is 14.7. The number of benzene rings is 2. The third-order valence-corrected chi connectivity index (χ3v) is 4.84. The van der Waals surface area contributed by atoms with Crippen molar-refractivity contribution in [2.75, 3.05) is 0 Å². The first-order valence-electron chi connectivity index (χ1n) is 8.50. The van der Waals surface area contributed by atoms with Crippen LogP contribution < -0.4 is 5.43 Å². The number of amides is 1. The van der Waals surface area contributed by atoms with Crippen LogP contribution in [0.3, 0.4) is 0 Å². The van der Waals surface area contributed by atoms with Crippen LogP contribution in [0, 0.1) is 0 Å². The van der Waals surface area contributed by atoms with Crippen LogP contribution in [-0.4, -0.2) is 12.1 Å². The Balaban J connectivity index is 1.59. The summed E-state index contributed by atoms with van der Waals surface area (Å²) in [5, 5.41) is 4.83. The molecule has 0 aliphatic carbocycles. The van der Waals surface area contributed by atoms with Gasteiger partial charge in [-0.15, -0.1) is 0 Å². The quantitative estimate of drug-likeness (QED) is 0.438. The summed E-state index contributed by atoms with van der Waals surface area (Å²) in [6.07, 6.45) is 2.69. The lowest BCUT2D eigenvalue weighted by molar-refractivity contribution is -0.120. The molecular formula is C21H18Cl2N2O2. The van der Waals surface area contributed by atoms with Crippen LogP contribution in [-0.2, 0) is 17.6 Å². The van der Waals surface area contributed by atoms with E-state index < -0.39 is 0 Å². The van der Waals surface area contributed by atoms with E-state index >= 15 is 0 Å². The molecule has 0 unspecified atom stereocenters. The van der Waals surface area contributed by atoms with E-state index in [0.29, 0.717) is 27.1 Å². The topological polar surface area (TPSA) is 54.6 Å². The van der Waals surface area contributed by atoms with E-state index in [1.54, 1.807) is 24.3 Å². The Morgan fingerprint density at radius 2 is 1.81 bits per heavy atom. The largest absolute Gasteiger partial charge is 0.455 e. The molecule has 138 valence electrons. The van der Waals surface area contributed by atoms with Gasteiger partial charge in [0.1, 0.15) is 11.5 Å². The third-order valence-electron chi connectivity index (χ3n) is 4.02. The summed E-state index contributed by atoms with van der Waals surface area (Å²) >= 11 is 12.2. The SMILES string of the molecule is CCc1ccc(CC(=O)N/N=C\c2ccc(-c3cccc(Cl)c3Cl)o2)cc1. The molecule has 0 radical (unpaired) electrons. The summed E-state index contributed by atoms with van der Waals surface area (Å²) in [7, 11) is 0. The molecule has 0 saturated carbocycles. The normalized spacial score (nSPS) is 11.1. The van der Waals surface area contributed by atoms with Crippen LogP contribution in [0.5, 0.6) is 0 Å². The monoisotopic (exact) mass is 400 g/mol. The lowest BCUT2D eigenvalue weighted by Crippen LogP contribution is -2.19. The molecule has 0 atom stereocenters. The summed E-state index contributed by atoms with van der Waals surface area (Å²) in [4.78, 5) is 12.0. The van der Waals surface area contributed by atoms with Crippen molar-refractivity contribution in [3.05, 3.63) is 81.5 Å². The van der Waals surface area contributed by atoms with Gasteiger partial charge < -0.3 is 4.42 Å². The second-order valence-electron chi connectivity index (χ2n) is 5.94. The zero-order valence-corrected chi connectivity index (χ0v) is 16.2. The molecule has 0 fully saturated rings. The molecule has 2 aromatic carbocycles. The minimum absolute atomic E-state index is 0.194. The molecule has 1 amide bonds. The van der Waals surface area contributed by atoms with Crippen LogP contribution in [0.25, 0.3) is 11.3 Å². The van der Waals surface area contributed by atoms with Crippen molar-refractivity contribution in [1.29, 1.82) is 0 Å². The molecule has 27 heavy (non-hydrogen) atoms. The summed E-state index contributed by atoms with van der Waals surface area (Å²) in [5.41, 5.74) is 5.38. The Morgan fingerprint density at radius 1 is 1.07 bits per heavy atom. The van der Waals surface area contributed by atoms with Gasteiger partial charge >= 0.3 is 0 Å². The molecule has 1 aromatic heterocycles. The van der Waals surface area contributed by atoms with E-state index in [4.69, 9.17) is 27.6 Å². The van der Waals surface area contributed by atoms with E-state index in [1.807, 2.05) is 30.3 Å². The Labute approximate surface area is 167 Å². The summed E-state index contributed by atoms with van der Waals surface area (Å²) < 4.78 is 5.69. The van der Waals surface area contributed by atoms with E-state index in [1.165, 1.54) is 11.8 Å². The minimum Gasteiger partial charge on any atom is -0.455 e. The molecule has 4 nitrogen and oxygen atoms in total. The van der Waals surface area contributed by atoms with Crippen molar-refractivity contribution in [2.24, 2.45) is 5.10 Å². The molecule has 6 heteroatoms. The highest BCUT2D eigenvalue weighted by Gasteiger charge is 2.10. The maximum absolute atomic E-state index is 12.0. The number of nitrogens with one attached hydrogen (secondary N) is 1. The van der Waals surface area contributed by atoms with Crippen molar-refractivity contribution in [1.82, 2.24) is 5.43 Å². The van der Waals surface area contributed by atoms with Gasteiger partial charge in [0.2, 0.25) is 5.91 Å². The number of carbonyl (C=O) groups excluding carboxylic acids is 1. The molecule has 1 heterocycles. The van der Waals surface area contributed by atoms with E-state index in [9.17, 15) is 4.79 Å². The fourth-order valence-corrected chi connectivity index (χ4v) is 2.94. The van der Waals surface area contributed by atoms with Crippen LogP contribution in [0.15, 0.2) is 64.1 Å². The number of rotatable bonds is 6. The number of halogens is 2. The van der Waals surface area contributed by atoms with Crippen molar-refractivity contribution in [3.8, 4) is 11.3 Å². The highest BCUT2D eigenvalue weighted by Crippen LogP contribution is 2.34. The van der Waals surface area contributed by atoms with Gasteiger partial charge in [-0.1, -0.05) is 60.5 Å². The smallest absolute Gasteiger partial charge is 0.244 e. The predicted octanol–water partition coefficient (Wildman–Crippen LogP) is 5.51. The molecule has 0 bridgehead atoms. The van der Waals surface area contributed by atoms with E-state index in [0.717, 1.165) is 12.0 Å². The summed E-state index contributed by atoms with van der Waals surface area (Å²) in [6.45, 7) is 2.09. The van der Waals surface area contributed by atoms with Crippen LogP contribution >= 0.6 is 23.2 Å². The molecular weight excluding hydrogens is 383 g/mol.